The highest BCUT2D eigenvalue weighted by molar-refractivity contribution is 5.63. The second-order valence-electron chi connectivity index (χ2n) is 9.18. The van der Waals surface area contributed by atoms with Gasteiger partial charge in [0.05, 0.1) is 13.2 Å². The van der Waals surface area contributed by atoms with E-state index in [1.54, 1.807) is 0 Å². The van der Waals surface area contributed by atoms with Gasteiger partial charge in [0.2, 0.25) is 0 Å². The molecule has 0 N–H and O–H groups in total. The van der Waals surface area contributed by atoms with Gasteiger partial charge in [-0.15, -0.1) is 13.2 Å². The minimum Gasteiger partial charge on any atom is -0.376 e. The number of allylic oxidation sites excluding steroid dienone is 1. The van der Waals surface area contributed by atoms with Gasteiger partial charge in [-0.05, 0) is 72.6 Å². The van der Waals surface area contributed by atoms with Crippen LogP contribution in [0.1, 0.15) is 68.9 Å². The summed E-state index contributed by atoms with van der Waals surface area (Å²) < 4.78 is 5.65. The lowest BCUT2D eigenvalue weighted by Gasteiger charge is -2.27. The molecule has 0 saturated heterocycles. The Morgan fingerprint density at radius 3 is 1.97 bits per heavy atom. The molecule has 2 aromatic rings. The molecule has 1 heteroatoms. The average molecular weight is 417 g/mol. The second-order valence-corrected chi connectivity index (χ2v) is 9.18. The van der Waals surface area contributed by atoms with Gasteiger partial charge in [-0.25, -0.2) is 0 Å². The summed E-state index contributed by atoms with van der Waals surface area (Å²) >= 11 is 0. The summed E-state index contributed by atoms with van der Waals surface area (Å²) in [7, 11) is 0. The first kappa shape index (κ1) is 23.5. The van der Waals surface area contributed by atoms with E-state index in [2.05, 4.69) is 67.8 Å². The van der Waals surface area contributed by atoms with E-state index in [1.807, 2.05) is 6.08 Å². The van der Waals surface area contributed by atoms with Crippen LogP contribution in [-0.2, 0) is 17.8 Å². The lowest BCUT2D eigenvalue weighted by Crippen LogP contribution is -2.14. The number of hydrogen-bond donors (Lipinski definition) is 0. The van der Waals surface area contributed by atoms with E-state index in [0.717, 1.165) is 24.9 Å². The summed E-state index contributed by atoms with van der Waals surface area (Å²) in [5.41, 5.74) is 5.25. The molecule has 1 nitrogen and oxygen atoms in total. The van der Waals surface area contributed by atoms with Crippen molar-refractivity contribution in [1.29, 1.82) is 0 Å². The van der Waals surface area contributed by atoms with Crippen molar-refractivity contribution in [3.8, 4) is 11.1 Å². The zero-order chi connectivity index (χ0) is 21.7. The Morgan fingerprint density at radius 1 is 0.742 bits per heavy atom. The molecule has 3 rings (SSSR count). The fourth-order valence-corrected chi connectivity index (χ4v) is 4.77. The highest BCUT2D eigenvalue weighted by atomic mass is 16.5. The van der Waals surface area contributed by atoms with Crippen LogP contribution >= 0.6 is 0 Å². The fraction of sp³-hybridized carbons (Fsp3) is 0.467. The van der Waals surface area contributed by atoms with Crippen LogP contribution in [0, 0.1) is 11.8 Å². The van der Waals surface area contributed by atoms with Crippen LogP contribution in [0.2, 0.25) is 0 Å². The molecule has 1 aliphatic carbocycles. The summed E-state index contributed by atoms with van der Waals surface area (Å²) in [6.45, 7) is 9.03. The molecule has 0 aliphatic heterocycles. The molecular formula is C30H40O. The SMILES string of the molecule is C=CCCOCc1ccc(-c2ccc(CCCC[C@H]3CC[C@H](CC=C)CC3)cc2)cc1. The third-order valence-corrected chi connectivity index (χ3v) is 6.77. The maximum atomic E-state index is 5.65. The molecular weight excluding hydrogens is 376 g/mol. The van der Waals surface area contributed by atoms with Gasteiger partial charge in [0.1, 0.15) is 0 Å². The number of aryl methyl sites for hydroxylation is 1. The molecule has 0 unspecified atom stereocenters. The van der Waals surface area contributed by atoms with Gasteiger partial charge in [-0.2, -0.15) is 0 Å². The maximum Gasteiger partial charge on any atom is 0.0717 e. The number of benzene rings is 2. The summed E-state index contributed by atoms with van der Waals surface area (Å²) in [5.74, 6) is 1.89. The molecule has 166 valence electrons. The molecule has 0 spiro atoms. The molecule has 0 aromatic heterocycles. The van der Waals surface area contributed by atoms with Crippen LogP contribution in [0.5, 0.6) is 0 Å². The van der Waals surface area contributed by atoms with Crippen molar-refractivity contribution in [2.24, 2.45) is 11.8 Å². The highest BCUT2D eigenvalue weighted by Gasteiger charge is 2.19. The quantitative estimate of drug-likeness (QED) is 0.235. The normalized spacial score (nSPS) is 18.6. The zero-order valence-corrected chi connectivity index (χ0v) is 19.2. The average Bonchev–Trinajstić information content (AvgIpc) is 2.82. The van der Waals surface area contributed by atoms with Crippen LogP contribution in [0.25, 0.3) is 11.1 Å². The molecule has 0 atom stereocenters. The fourth-order valence-electron chi connectivity index (χ4n) is 4.77. The number of unbranched alkanes of at least 4 members (excludes halogenated alkanes) is 1. The number of rotatable bonds is 13. The van der Waals surface area contributed by atoms with E-state index < -0.39 is 0 Å². The van der Waals surface area contributed by atoms with Crippen LogP contribution in [-0.4, -0.2) is 6.61 Å². The van der Waals surface area contributed by atoms with Gasteiger partial charge in [0.15, 0.2) is 0 Å². The highest BCUT2D eigenvalue weighted by Crippen LogP contribution is 2.33. The van der Waals surface area contributed by atoms with Crippen molar-refractivity contribution >= 4 is 0 Å². The Bertz CT molecular complexity index is 763. The summed E-state index contributed by atoms with van der Waals surface area (Å²) in [5, 5.41) is 0. The molecule has 1 fully saturated rings. The van der Waals surface area contributed by atoms with E-state index in [9.17, 15) is 0 Å². The second kappa shape index (κ2) is 13.3. The molecule has 0 radical (unpaired) electrons. The van der Waals surface area contributed by atoms with Gasteiger partial charge in [0, 0.05) is 0 Å². The molecule has 1 saturated carbocycles. The van der Waals surface area contributed by atoms with Crippen LogP contribution < -0.4 is 0 Å². The van der Waals surface area contributed by atoms with Crippen LogP contribution in [0.15, 0.2) is 73.8 Å². The Balaban J connectivity index is 1.36. The minimum atomic E-state index is 0.670. The van der Waals surface area contributed by atoms with E-state index in [1.165, 1.54) is 80.0 Å². The predicted molar refractivity (Wildman–Crippen MR) is 134 cm³/mol. The van der Waals surface area contributed by atoms with Crippen molar-refractivity contribution in [2.75, 3.05) is 6.61 Å². The first-order valence-electron chi connectivity index (χ1n) is 12.3. The molecule has 0 heterocycles. The topological polar surface area (TPSA) is 9.23 Å². The Hall–Kier alpha value is -2.12. The largest absolute Gasteiger partial charge is 0.376 e. The van der Waals surface area contributed by atoms with Crippen molar-refractivity contribution < 1.29 is 4.74 Å². The zero-order valence-electron chi connectivity index (χ0n) is 19.2. The van der Waals surface area contributed by atoms with Crippen molar-refractivity contribution in [1.82, 2.24) is 0 Å². The number of hydrogen-bond acceptors (Lipinski definition) is 1. The van der Waals surface area contributed by atoms with E-state index in [0.29, 0.717) is 6.61 Å². The standard InChI is InChI=1S/C30H40O/c1-3-5-23-31-24-28-17-21-30(22-18-28)29-19-15-27(16-20-29)10-7-6-9-26-13-11-25(8-4-2)12-14-26/h3-4,15-22,25-26H,1-2,5-14,23-24H2/t25-,26-. The minimum absolute atomic E-state index is 0.670. The Morgan fingerprint density at radius 2 is 1.35 bits per heavy atom. The van der Waals surface area contributed by atoms with Crippen LogP contribution in [0.3, 0.4) is 0 Å². The molecule has 2 aromatic carbocycles. The summed E-state index contributed by atoms with van der Waals surface area (Å²) in [6, 6.07) is 17.9. The monoisotopic (exact) mass is 416 g/mol. The third kappa shape index (κ3) is 8.15. The molecule has 0 bridgehead atoms. The smallest absolute Gasteiger partial charge is 0.0717 e. The van der Waals surface area contributed by atoms with Gasteiger partial charge >= 0.3 is 0 Å². The van der Waals surface area contributed by atoms with Gasteiger partial charge < -0.3 is 4.74 Å². The van der Waals surface area contributed by atoms with Crippen molar-refractivity contribution in [2.45, 2.75) is 70.8 Å². The van der Waals surface area contributed by atoms with E-state index >= 15 is 0 Å². The van der Waals surface area contributed by atoms with Gasteiger partial charge in [-0.1, -0.05) is 86.4 Å². The van der Waals surface area contributed by atoms with Crippen molar-refractivity contribution in [3.63, 3.8) is 0 Å². The first-order valence-corrected chi connectivity index (χ1v) is 12.3. The van der Waals surface area contributed by atoms with Gasteiger partial charge in [0.25, 0.3) is 0 Å². The number of ether oxygens (including phenoxy) is 1. The lowest BCUT2D eigenvalue weighted by molar-refractivity contribution is 0.125. The molecule has 0 amide bonds. The summed E-state index contributed by atoms with van der Waals surface area (Å²) in [6.07, 6.45) is 17.1. The maximum absolute atomic E-state index is 5.65. The van der Waals surface area contributed by atoms with Gasteiger partial charge in [-0.3, -0.25) is 0 Å². The lowest BCUT2D eigenvalue weighted by atomic mass is 9.78. The van der Waals surface area contributed by atoms with E-state index in [4.69, 9.17) is 4.74 Å². The first-order chi connectivity index (χ1) is 15.3. The predicted octanol–water partition coefficient (Wildman–Crippen LogP) is 8.54. The summed E-state index contributed by atoms with van der Waals surface area (Å²) in [4.78, 5) is 0. The molecule has 31 heavy (non-hydrogen) atoms. The Kier molecular flexibility index (Phi) is 10.1. The van der Waals surface area contributed by atoms with E-state index in [-0.39, 0.29) is 0 Å². The Labute approximate surface area is 190 Å². The van der Waals surface area contributed by atoms with Crippen molar-refractivity contribution in [3.05, 3.63) is 85.0 Å². The molecule has 1 aliphatic rings. The van der Waals surface area contributed by atoms with Crippen LogP contribution in [0.4, 0.5) is 0 Å². The third-order valence-electron chi connectivity index (χ3n) is 6.77.